The molecule has 0 N–H and O–H groups in total. The summed E-state index contributed by atoms with van der Waals surface area (Å²) in [4.78, 5) is 14.1. The van der Waals surface area contributed by atoms with Crippen LogP contribution in [0.3, 0.4) is 0 Å². The maximum absolute atomic E-state index is 13.6. The van der Waals surface area contributed by atoms with E-state index >= 15 is 0 Å². The van der Waals surface area contributed by atoms with E-state index in [0.717, 1.165) is 42.7 Å². The van der Waals surface area contributed by atoms with Gasteiger partial charge in [-0.05, 0) is 79.0 Å². The van der Waals surface area contributed by atoms with Crippen LogP contribution in [-0.4, -0.2) is 30.1 Å². The molecule has 39 heavy (non-hydrogen) atoms. The van der Waals surface area contributed by atoms with Crippen molar-refractivity contribution in [2.45, 2.75) is 63.0 Å². The fourth-order valence-corrected chi connectivity index (χ4v) is 6.37. The molecule has 1 saturated carbocycles. The molecule has 2 aliphatic carbocycles. The van der Waals surface area contributed by atoms with Crippen LogP contribution in [0.15, 0.2) is 54.2 Å². The minimum Gasteiger partial charge on any atom is -0.358 e. The number of carbonyl (C=O) groups is 1. The summed E-state index contributed by atoms with van der Waals surface area (Å²) in [6, 6.07) is 8.02. The molecule has 0 bridgehead atoms. The van der Waals surface area contributed by atoms with Gasteiger partial charge in [-0.3, -0.25) is 4.79 Å². The SMILES string of the molecule is O=C1C=C(N2C[C@H]3[C@H](CCC[C@H]3c3ccc(F)cc3)[C@H]2OCCc2cc(C(F)(F)F)cc(C(F)(F)F)c2)CC1. The second-order valence-corrected chi connectivity index (χ2v) is 10.6. The number of nitrogens with zero attached hydrogens (tertiary/aromatic N) is 1. The minimum atomic E-state index is -4.91. The summed E-state index contributed by atoms with van der Waals surface area (Å²) in [6.45, 7) is 0.531. The first kappa shape index (κ1) is 27.7. The van der Waals surface area contributed by atoms with Crippen LogP contribution in [0.4, 0.5) is 30.7 Å². The molecule has 2 fully saturated rings. The number of fused-ring (bicyclic) bond motifs is 1. The van der Waals surface area contributed by atoms with E-state index in [2.05, 4.69) is 4.90 Å². The molecule has 3 aliphatic rings. The second-order valence-electron chi connectivity index (χ2n) is 10.6. The topological polar surface area (TPSA) is 29.5 Å². The molecule has 2 aromatic carbocycles. The van der Waals surface area contributed by atoms with Crippen molar-refractivity contribution in [3.05, 3.63) is 82.3 Å². The third-order valence-electron chi connectivity index (χ3n) is 8.15. The lowest BCUT2D eigenvalue weighted by atomic mass is 9.70. The van der Waals surface area contributed by atoms with Crippen LogP contribution in [0.2, 0.25) is 0 Å². The van der Waals surface area contributed by atoms with E-state index in [9.17, 15) is 35.5 Å². The van der Waals surface area contributed by atoms with Gasteiger partial charge in [0.15, 0.2) is 5.78 Å². The third-order valence-corrected chi connectivity index (χ3v) is 8.15. The van der Waals surface area contributed by atoms with E-state index < -0.39 is 29.7 Å². The molecule has 0 spiro atoms. The molecule has 210 valence electrons. The predicted octanol–water partition coefficient (Wildman–Crippen LogP) is 7.51. The molecule has 0 aromatic heterocycles. The number of alkyl halides is 6. The zero-order valence-corrected chi connectivity index (χ0v) is 21.0. The Morgan fingerprint density at radius 1 is 0.872 bits per heavy atom. The number of likely N-dealkylation sites (tertiary alicyclic amines) is 1. The van der Waals surface area contributed by atoms with Gasteiger partial charge in [-0.15, -0.1) is 0 Å². The average molecular weight is 556 g/mol. The van der Waals surface area contributed by atoms with Gasteiger partial charge in [-0.25, -0.2) is 4.39 Å². The van der Waals surface area contributed by atoms with Crippen LogP contribution < -0.4 is 0 Å². The summed E-state index contributed by atoms with van der Waals surface area (Å²) in [5, 5.41) is 0. The Morgan fingerprint density at radius 3 is 2.13 bits per heavy atom. The van der Waals surface area contributed by atoms with E-state index in [1.165, 1.54) is 12.1 Å². The molecule has 5 rings (SSSR count). The van der Waals surface area contributed by atoms with E-state index in [0.29, 0.717) is 19.4 Å². The Hall–Kier alpha value is -2.88. The number of rotatable bonds is 6. The third kappa shape index (κ3) is 6.00. The standard InChI is InChI=1S/C29H28F7NO2/c30-21-6-4-18(5-7-21)24-2-1-3-25-26(24)16-37(22-8-9-23(38)15-22)27(25)39-11-10-17-12-19(28(31,32)33)14-20(13-17)29(34,35)36/h4-7,12-15,24-27H,1-3,8-11,16H2/t24-,25-,26+,27+/m0/s1. The summed E-state index contributed by atoms with van der Waals surface area (Å²) in [5.41, 5.74) is -0.943. The fourth-order valence-electron chi connectivity index (χ4n) is 6.37. The van der Waals surface area contributed by atoms with Gasteiger partial charge in [0.25, 0.3) is 0 Å². The van der Waals surface area contributed by atoms with Crippen molar-refractivity contribution in [2.24, 2.45) is 11.8 Å². The summed E-state index contributed by atoms with van der Waals surface area (Å²) in [5.74, 6) is 0.0421. The Balaban J connectivity index is 1.37. The highest BCUT2D eigenvalue weighted by atomic mass is 19.4. The normalized spacial score (nSPS) is 25.7. The first-order valence-electron chi connectivity index (χ1n) is 13.1. The van der Waals surface area contributed by atoms with Crippen LogP contribution in [0.25, 0.3) is 0 Å². The average Bonchev–Trinajstić information content (AvgIpc) is 3.47. The molecular weight excluding hydrogens is 527 g/mol. The van der Waals surface area contributed by atoms with Gasteiger partial charge in [0.1, 0.15) is 12.0 Å². The molecule has 0 radical (unpaired) electrons. The maximum Gasteiger partial charge on any atom is 0.416 e. The lowest BCUT2D eigenvalue weighted by Crippen LogP contribution is -2.36. The molecule has 4 atom stereocenters. The van der Waals surface area contributed by atoms with Crippen molar-refractivity contribution < 1.29 is 40.3 Å². The summed E-state index contributed by atoms with van der Waals surface area (Å²) >= 11 is 0. The number of allylic oxidation sites excluding steroid dienone is 2. The first-order chi connectivity index (χ1) is 18.4. The van der Waals surface area contributed by atoms with Gasteiger partial charge in [0.2, 0.25) is 0 Å². The number of hydrogen-bond acceptors (Lipinski definition) is 3. The van der Waals surface area contributed by atoms with Crippen molar-refractivity contribution in [1.82, 2.24) is 4.90 Å². The van der Waals surface area contributed by atoms with Crippen LogP contribution in [0, 0.1) is 17.7 Å². The van der Waals surface area contributed by atoms with Gasteiger partial charge in [-0.1, -0.05) is 18.6 Å². The lowest BCUT2D eigenvalue weighted by Gasteiger charge is -2.35. The smallest absolute Gasteiger partial charge is 0.358 e. The molecule has 1 aliphatic heterocycles. The van der Waals surface area contributed by atoms with Crippen molar-refractivity contribution in [1.29, 1.82) is 0 Å². The Morgan fingerprint density at radius 2 is 1.54 bits per heavy atom. The van der Waals surface area contributed by atoms with Crippen LogP contribution in [0.1, 0.15) is 60.3 Å². The highest BCUT2D eigenvalue weighted by Crippen LogP contribution is 2.50. The summed E-state index contributed by atoms with van der Waals surface area (Å²) < 4.78 is 99.5. The van der Waals surface area contributed by atoms with Gasteiger partial charge >= 0.3 is 12.4 Å². The summed E-state index contributed by atoms with van der Waals surface area (Å²) in [7, 11) is 0. The highest BCUT2D eigenvalue weighted by Gasteiger charge is 2.48. The minimum absolute atomic E-state index is 0.0114. The van der Waals surface area contributed by atoms with E-state index in [1.54, 1.807) is 18.2 Å². The number of carbonyl (C=O) groups excluding carboxylic acids is 1. The van der Waals surface area contributed by atoms with Crippen molar-refractivity contribution in [2.75, 3.05) is 13.2 Å². The van der Waals surface area contributed by atoms with Crippen LogP contribution >= 0.6 is 0 Å². The molecule has 1 heterocycles. The van der Waals surface area contributed by atoms with Gasteiger partial charge < -0.3 is 9.64 Å². The van der Waals surface area contributed by atoms with Crippen LogP contribution in [0.5, 0.6) is 0 Å². The maximum atomic E-state index is 13.6. The number of halogens is 7. The van der Waals surface area contributed by atoms with Gasteiger partial charge in [0.05, 0.1) is 17.7 Å². The number of ether oxygens (including phenoxy) is 1. The highest BCUT2D eigenvalue weighted by molar-refractivity contribution is 5.92. The Kier molecular flexibility index (Phi) is 7.52. The van der Waals surface area contributed by atoms with Crippen molar-refractivity contribution in [3.8, 4) is 0 Å². The Labute approximate surface area is 221 Å². The predicted molar refractivity (Wildman–Crippen MR) is 129 cm³/mol. The van der Waals surface area contributed by atoms with E-state index in [-0.39, 0.29) is 54.0 Å². The zero-order chi connectivity index (χ0) is 27.9. The molecular formula is C29H28F7NO2. The second kappa shape index (κ2) is 10.6. The summed E-state index contributed by atoms with van der Waals surface area (Å²) in [6.07, 6.45) is -5.21. The first-order valence-corrected chi connectivity index (χ1v) is 13.1. The van der Waals surface area contributed by atoms with E-state index in [1.807, 2.05) is 0 Å². The molecule has 0 unspecified atom stereocenters. The van der Waals surface area contributed by atoms with Gasteiger partial charge in [0, 0.05) is 30.7 Å². The number of benzene rings is 2. The molecule has 10 heteroatoms. The Bertz CT molecular complexity index is 1200. The largest absolute Gasteiger partial charge is 0.416 e. The monoisotopic (exact) mass is 555 g/mol. The van der Waals surface area contributed by atoms with Crippen LogP contribution in [-0.2, 0) is 28.3 Å². The van der Waals surface area contributed by atoms with Crippen molar-refractivity contribution >= 4 is 5.78 Å². The quantitative estimate of drug-likeness (QED) is 0.346. The van der Waals surface area contributed by atoms with Gasteiger partial charge in [-0.2, -0.15) is 26.3 Å². The fraction of sp³-hybridized carbons (Fsp3) is 0.483. The molecule has 2 aromatic rings. The number of ketones is 1. The van der Waals surface area contributed by atoms with Crippen molar-refractivity contribution in [3.63, 3.8) is 0 Å². The molecule has 1 saturated heterocycles. The molecule has 3 nitrogen and oxygen atoms in total. The lowest BCUT2D eigenvalue weighted by molar-refractivity contribution is -0.143. The molecule has 0 amide bonds. The zero-order valence-electron chi connectivity index (χ0n) is 21.0. The van der Waals surface area contributed by atoms with E-state index in [4.69, 9.17) is 4.74 Å². The number of hydrogen-bond donors (Lipinski definition) is 0.